The Hall–Kier alpha value is -1.90. The van der Waals surface area contributed by atoms with Crippen LogP contribution in [0.25, 0.3) is 0 Å². The summed E-state index contributed by atoms with van der Waals surface area (Å²) in [7, 11) is 0. The van der Waals surface area contributed by atoms with E-state index >= 15 is 0 Å². The molecule has 0 amide bonds. The van der Waals surface area contributed by atoms with Crippen molar-refractivity contribution in [3.8, 4) is 0 Å². The zero-order valence-corrected chi connectivity index (χ0v) is 14.5. The second-order valence-electron chi connectivity index (χ2n) is 8.27. The van der Waals surface area contributed by atoms with Crippen LogP contribution in [0.15, 0.2) is 41.6 Å². The molecule has 3 heteroatoms. The standard InChI is InChI=1S/C21H25NO2/c1-21(2)12-16-19(17(23)13-21)20(24)18(14-8-4-3-5-9-14)15-10-6-7-11-22(15)16/h3-5,8-9,15,18H,6-7,10-13H2,1-2H3/t15-,18?/m1/s1. The van der Waals surface area contributed by atoms with Crippen LogP contribution in [0.3, 0.4) is 0 Å². The molecular formula is C21H25NO2. The molecule has 2 heterocycles. The van der Waals surface area contributed by atoms with Crippen LogP contribution >= 0.6 is 0 Å². The van der Waals surface area contributed by atoms with E-state index in [0.717, 1.165) is 43.5 Å². The number of piperidine rings is 1. The third kappa shape index (κ3) is 2.42. The number of benzene rings is 1. The maximum absolute atomic E-state index is 13.3. The fraction of sp³-hybridized carbons (Fsp3) is 0.524. The number of hydrogen-bond donors (Lipinski definition) is 0. The van der Waals surface area contributed by atoms with Crippen molar-refractivity contribution < 1.29 is 9.59 Å². The average molecular weight is 323 g/mol. The summed E-state index contributed by atoms with van der Waals surface area (Å²) in [6, 6.07) is 10.3. The number of nitrogens with zero attached hydrogens (tertiary/aromatic N) is 1. The molecule has 0 aromatic heterocycles. The SMILES string of the molecule is CC1(C)CC(=O)C2=C(C1)N1CCCC[C@@H]1C(c1ccccc1)C2=O. The van der Waals surface area contributed by atoms with Crippen LogP contribution in [0.1, 0.15) is 57.4 Å². The first-order valence-electron chi connectivity index (χ1n) is 9.10. The summed E-state index contributed by atoms with van der Waals surface area (Å²) >= 11 is 0. The van der Waals surface area contributed by atoms with Crippen LogP contribution < -0.4 is 0 Å². The van der Waals surface area contributed by atoms with Gasteiger partial charge in [0, 0.05) is 24.7 Å². The topological polar surface area (TPSA) is 37.4 Å². The molecule has 4 rings (SSSR count). The predicted molar refractivity (Wildman–Crippen MR) is 93.6 cm³/mol. The van der Waals surface area contributed by atoms with Gasteiger partial charge in [0.05, 0.1) is 11.5 Å². The Morgan fingerprint density at radius 1 is 1.04 bits per heavy atom. The monoisotopic (exact) mass is 323 g/mol. The van der Waals surface area contributed by atoms with Crippen LogP contribution in [0, 0.1) is 5.41 Å². The van der Waals surface area contributed by atoms with E-state index in [0.29, 0.717) is 12.0 Å². The highest BCUT2D eigenvalue weighted by Crippen LogP contribution is 2.47. The normalized spacial score (nSPS) is 29.3. The minimum Gasteiger partial charge on any atom is -0.370 e. The molecule has 1 aliphatic carbocycles. The molecule has 3 nitrogen and oxygen atoms in total. The van der Waals surface area contributed by atoms with Crippen LogP contribution in [0.5, 0.6) is 0 Å². The predicted octanol–water partition coefficient (Wildman–Crippen LogP) is 3.85. The molecule has 0 saturated carbocycles. The molecule has 2 atom stereocenters. The van der Waals surface area contributed by atoms with Crippen molar-refractivity contribution in [1.82, 2.24) is 4.90 Å². The Morgan fingerprint density at radius 3 is 2.54 bits per heavy atom. The van der Waals surface area contributed by atoms with Gasteiger partial charge in [-0.25, -0.2) is 0 Å². The Bertz CT molecular complexity index is 717. The second kappa shape index (κ2) is 5.58. The molecule has 1 unspecified atom stereocenters. The molecule has 1 aromatic carbocycles. The Balaban J connectivity index is 1.85. The average Bonchev–Trinajstić information content (AvgIpc) is 2.54. The first kappa shape index (κ1) is 15.6. The molecule has 0 bridgehead atoms. The summed E-state index contributed by atoms with van der Waals surface area (Å²) in [4.78, 5) is 28.5. The van der Waals surface area contributed by atoms with Gasteiger partial charge in [-0.3, -0.25) is 9.59 Å². The van der Waals surface area contributed by atoms with E-state index < -0.39 is 0 Å². The highest BCUT2D eigenvalue weighted by Gasteiger charge is 2.48. The van der Waals surface area contributed by atoms with Gasteiger partial charge in [0.15, 0.2) is 11.6 Å². The molecule has 3 aliphatic rings. The Kier molecular flexibility index (Phi) is 3.63. The number of hydrogen-bond acceptors (Lipinski definition) is 3. The summed E-state index contributed by atoms with van der Waals surface area (Å²) < 4.78 is 0. The molecule has 0 N–H and O–H groups in total. The highest BCUT2D eigenvalue weighted by atomic mass is 16.2. The lowest BCUT2D eigenvalue weighted by Gasteiger charge is -2.50. The largest absolute Gasteiger partial charge is 0.370 e. The number of carbonyl (C=O) groups is 2. The molecular weight excluding hydrogens is 298 g/mol. The quantitative estimate of drug-likeness (QED) is 0.737. The Labute approximate surface area is 143 Å². The minimum absolute atomic E-state index is 0.0439. The van der Waals surface area contributed by atoms with Crippen LogP contribution in [-0.4, -0.2) is 29.1 Å². The van der Waals surface area contributed by atoms with E-state index in [1.54, 1.807) is 0 Å². The van der Waals surface area contributed by atoms with E-state index in [2.05, 4.69) is 18.7 Å². The van der Waals surface area contributed by atoms with Gasteiger partial charge in [0.2, 0.25) is 0 Å². The molecule has 24 heavy (non-hydrogen) atoms. The lowest BCUT2D eigenvalue weighted by molar-refractivity contribution is -0.127. The lowest BCUT2D eigenvalue weighted by atomic mass is 9.68. The molecule has 1 saturated heterocycles. The molecule has 0 radical (unpaired) electrons. The van der Waals surface area contributed by atoms with E-state index in [1.807, 2.05) is 30.3 Å². The minimum atomic E-state index is -0.185. The van der Waals surface area contributed by atoms with Crippen molar-refractivity contribution in [3.63, 3.8) is 0 Å². The summed E-state index contributed by atoms with van der Waals surface area (Å²) in [5, 5.41) is 0. The van der Waals surface area contributed by atoms with Gasteiger partial charge in [0.1, 0.15) is 0 Å². The van der Waals surface area contributed by atoms with Crippen LogP contribution in [0.2, 0.25) is 0 Å². The second-order valence-corrected chi connectivity index (χ2v) is 8.27. The van der Waals surface area contributed by atoms with Gasteiger partial charge in [-0.2, -0.15) is 0 Å². The van der Waals surface area contributed by atoms with Gasteiger partial charge >= 0.3 is 0 Å². The van der Waals surface area contributed by atoms with Crippen molar-refractivity contribution in [2.45, 2.75) is 57.9 Å². The number of Topliss-reactive ketones (excluding diaryl/α,β-unsaturated/α-hetero) is 2. The molecule has 2 aliphatic heterocycles. The third-order valence-electron chi connectivity index (χ3n) is 5.82. The van der Waals surface area contributed by atoms with Crippen LogP contribution in [-0.2, 0) is 9.59 Å². The zero-order valence-electron chi connectivity index (χ0n) is 14.5. The summed E-state index contributed by atoms with van der Waals surface area (Å²) in [5.41, 5.74) is 2.57. The summed E-state index contributed by atoms with van der Waals surface area (Å²) in [5.74, 6) is -0.0635. The molecule has 126 valence electrons. The van der Waals surface area contributed by atoms with Gasteiger partial charge in [-0.15, -0.1) is 0 Å². The van der Waals surface area contributed by atoms with Gasteiger partial charge in [-0.1, -0.05) is 44.2 Å². The van der Waals surface area contributed by atoms with Gasteiger partial charge in [0.25, 0.3) is 0 Å². The fourth-order valence-corrected chi connectivity index (χ4v) is 4.82. The molecule has 1 aromatic rings. The molecule has 1 fully saturated rings. The first-order chi connectivity index (χ1) is 11.5. The van der Waals surface area contributed by atoms with Gasteiger partial charge in [-0.05, 0) is 36.7 Å². The third-order valence-corrected chi connectivity index (χ3v) is 5.82. The maximum Gasteiger partial charge on any atom is 0.177 e. The van der Waals surface area contributed by atoms with Crippen LogP contribution in [0.4, 0.5) is 0 Å². The van der Waals surface area contributed by atoms with E-state index in [4.69, 9.17) is 0 Å². The number of rotatable bonds is 1. The van der Waals surface area contributed by atoms with E-state index in [1.165, 1.54) is 0 Å². The number of fused-ring (bicyclic) bond motifs is 2. The maximum atomic E-state index is 13.3. The fourth-order valence-electron chi connectivity index (χ4n) is 4.82. The summed E-state index contributed by atoms with van der Waals surface area (Å²) in [6.07, 6.45) is 4.68. The molecule has 0 spiro atoms. The van der Waals surface area contributed by atoms with Crippen molar-refractivity contribution in [1.29, 1.82) is 0 Å². The number of allylic oxidation sites excluding steroid dienone is 2. The van der Waals surface area contributed by atoms with Crippen molar-refractivity contribution in [3.05, 3.63) is 47.2 Å². The van der Waals surface area contributed by atoms with Gasteiger partial charge < -0.3 is 4.90 Å². The number of ketones is 2. The Morgan fingerprint density at radius 2 is 1.79 bits per heavy atom. The summed E-state index contributed by atoms with van der Waals surface area (Å²) in [6.45, 7) is 5.26. The van der Waals surface area contributed by atoms with E-state index in [-0.39, 0.29) is 28.9 Å². The smallest absolute Gasteiger partial charge is 0.177 e. The van der Waals surface area contributed by atoms with Crippen molar-refractivity contribution in [2.24, 2.45) is 5.41 Å². The van der Waals surface area contributed by atoms with Crippen molar-refractivity contribution in [2.75, 3.05) is 6.54 Å². The zero-order chi connectivity index (χ0) is 16.9. The van der Waals surface area contributed by atoms with E-state index in [9.17, 15) is 9.59 Å². The lowest BCUT2D eigenvalue weighted by Crippen LogP contribution is -2.52. The van der Waals surface area contributed by atoms with Crippen molar-refractivity contribution >= 4 is 11.6 Å². The highest BCUT2D eigenvalue weighted by molar-refractivity contribution is 6.24. The first-order valence-corrected chi connectivity index (χ1v) is 9.10. The number of carbonyl (C=O) groups excluding carboxylic acids is 2.